The van der Waals surface area contributed by atoms with Gasteiger partial charge in [0.1, 0.15) is 0 Å². The van der Waals surface area contributed by atoms with Gasteiger partial charge < -0.3 is 4.90 Å². The van der Waals surface area contributed by atoms with E-state index in [1.807, 2.05) is 37.2 Å². The van der Waals surface area contributed by atoms with Gasteiger partial charge in [0.25, 0.3) is 5.56 Å². The highest BCUT2D eigenvalue weighted by Gasteiger charge is 2.13. The fraction of sp³-hybridized carbons (Fsp3) is 0.300. The molecule has 3 rings (SSSR count). The fourth-order valence-corrected chi connectivity index (χ4v) is 4.19. The van der Waals surface area contributed by atoms with Crippen LogP contribution >= 0.6 is 12.4 Å². The molecule has 1 heterocycles. The number of hydrogen-bond donors (Lipinski definition) is 2. The first kappa shape index (κ1) is 22.9. The molecule has 0 atom stereocenters. The monoisotopic (exact) mass is 436 g/mol. The highest BCUT2D eigenvalue weighted by atomic mass is 35.5. The van der Waals surface area contributed by atoms with E-state index in [0.717, 1.165) is 23.9 Å². The molecule has 2 N–H and O–H groups in total. The second-order valence-electron chi connectivity index (χ2n) is 6.96. The van der Waals surface area contributed by atoms with E-state index in [2.05, 4.69) is 14.9 Å². The van der Waals surface area contributed by atoms with Gasteiger partial charge in [-0.3, -0.25) is 9.52 Å². The molecular formula is C20H25ClN4O3S. The molecule has 0 aliphatic heterocycles. The molecule has 29 heavy (non-hydrogen) atoms. The molecule has 156 valence electrons. The van der Waals surface area contributed by atoms with Crippen LogP contribution in [0.15, 0.2) is 53.3 Å². The number of H-pyrrole nitrogens is 1. The number of hydrogen-bond acceptors (Lipinski definition) is 5. The van der Waals surface area contributed by atoms with Gasteiger partial charge in [0.2, 0.25) is 10.0 Å². The lowest BCUT2D eigenvalue weighted by molar-refractivity contribution is 0.398. The number of aromatic amines is 1. The molecule has 0 fully saturated rings. The number of unbranched alkanes of at least 4 members (excludes halogenated alkanes) is 1. The number of nitrogens with one attached hydrogen (secondary N) is 2. The standard InChI is InChI=1S/C20H24N4O3S.ClH/c1-24(2)12-5-6-13-28(26,27)23-16-9-7-8-15(14-16)19-17-10-3-4-11-18(17)20(25)22-21-19;/h3-4,7-11,14,23H,5-6,12-13H2,1-2H3,(H,22,25);1H. The molecule has 3 aromatic rings. The lowest BCUT2D eigenvalue weighted by Crippen LogP contribution is -2.19. The molecule has 0 bridgehead atoms. The number of anilines is 1. The summed E-state index contributed by atoms with van der Waals surface area (Å²) in [5.74, 6) is 0.0743. The Kier molecular flexibility index (Phi) is 7.78. The van der Waals surface area contributed by atoms with Gasteiger partial charge in [0.05, 0.1) is 16.8 Å². The van der Waals surface area contributed by atoms with Crippen molar-refractivity contribution in [2.24, 2.45) is 0 Å². The summed E-state index contributed by atoms with van der Waals surface area (Å²) in [5, 5.41) is 7.93. The Morgan fingerprint density at radius 1 is 1.03 bits per heavy atom. The summed E-state index contributed by atoms with van der Waals surface area (Å²) < 4.78 is 27.4. The molecule has 2 aromatic carbocycles. The molecule has 0 amide bonds. The van der Waals surface area contributed by atoms with Crippen molar-refractivity contribution < 1.29 is 8.42 Å². The molecule has 1 aromatic heterocycles. The Morgan fingerprint density at radius 3 is 2.48 bits per heavy atom. The Labute approximate surface area is 176 Å². The van der Waals surface area contributed by atoms with Gasteiger partial charge in [-0.05, 0) is 51.7 Å². The molecule has 0 aliphatic rings. The molecule has 0 aliphatic carbocycles. The minimum atomic E-state index is -3.43. The van der Waals surface area contributed by atoms with Gasteiger partial charge in [-0.25, -0.2) is 13.5 Å². The lowest BCUT2D eigenvalue weighted by atomic mass is 10.0. The van der Waals surface area contributed by atoms with Gasteiger partial charge in [0.15, 0.2) is 0 Å². The topological polar surface area (TPSA) is 95.2 Å². The number of fused-ring (bicyclic) bond motifs is 1. The van der Waals surface area contributed by atoms with Crippen LogP contribution < -0.4 is 10.3 Å². The minimum absolute atomic E-state index is 0. The van der Waals surface area contributed by atoms with Crippen LogP contribution in [0.25, 0.3) is 22.0 Å². The maximum atomic E-state index is 12.4. The van der Waals surface area contributed by atoms with Crippen LogP contribution in [0, 0.1) is 0 Å². The van der Waals surface area contributed by atoms with Crippen molar-refractivity contribution in [1.82, 2.24) is 15.1 Å². The smallest absolute Gasteiger partial charge is 0.272 e. The zero-order valence-corrected chi connectivity index (χ0v) is 18.0. The Bertz CT molecular complexity index is 1130. The summed E-state index contributed by atoms with van der Waals surface area (Å²) >= 11 is 0. The average molecular weight is 437 g/mol. The SMILES string of the molecule is CN(C)CCCCS(=O)(=O)Nc1cccc(-c2n[nH]c(=O)c3ccccc23)c1.Cl. The number of benzene rings is 2. The van der Waals surface area contributed by atoms with E-state index in [4.69, 9.17) is 0 Å². The van der Waals surface area contributed by atoms with E-state index < -0.39 is 10.0 Å². The van der Waals surface area contributed by atoms with E-state index in [1.54, 1.807) is 30.3 Å². The number of rotatable bonds is 8. The first-order valence-corrected chi connectivity index (χ1v) is 10.7. The lowest BCUT2D eigenvalue weighted by Gasteiger charge is -2.11. The van der Waals surface area contributed by atoms with Gasteiger partial charge in [0, 0.05) is 16.6 Å². The number of halogens is 1. The maximum Gasteiger partial charge on any atom is 0.272 e. The van der Waals surface area contributed by atoms with Crippen molar-refractivity contribution in [3.63, 3.8) is 0 Å². The summed E-state index contributed by atoms with van der Waals surface area (Å²) in [7, 11) is 0.503. The third-order valence-corrected chi connectivity index (χ3v) is 5.75. The normalized spacial score (nSPS) is 11.4. The van der Waals surface area contributed by atoms with Gasteiger partial charge in [-0.2, -0.15) is 5.10 Å². The predicted molar refractivity (Wildman–Crippen MR) is 120 cm³/mol. The summed E-state index contributed by atoms with van der Waals surface area (Å²) in [6.07, 6.45) is 1.42. The molecule has 0 radical (unpaired) electrons. The van der Waals surface area contributed by atoms with Crippen molar-refractivity contribution >= 4 is 38.9 Å². The second-order valence-corrected chi connectivity index (χ2v) is 8.80. The predicted octanol–water partition coefficient (Wildman–Crippen LogP) is 3.10. The summed E-state index contributed by atoms with van der Waals surface area (Å²) in [5.41, 5.74) is 1.54. The van der Waals surface area contributed by atoms with Crippen molar-refractivity contribution in [2.75, 3.05) is 31.1 Å². The van der Waals surface area contributed by atoms with E-state index in [-0.39, 0.29) is 23.7 Å². The molecule has 9 heteroatoms. The Balaban J connectivity index is 0.00000300. The van der Waals surface area contributed by atoms with Crippen molar-refractivity contribution in [3.05, 3.63) is 58.9 Å². The summed E-state index contributed by atoms with van der Waals surface area (Å²) in [6, 6.07) is 14.2. The highest BCUT2D eigenvalue weighted by molar-refractivity contribution is 7.92. The largest absolute Gasteiger partial charge is 0.309 e. The zero-order chi connectivity index (χ0) is 20.1. The molecule has 0 saturated carbocycles. The van der Waals surface area contributed by atoms with Crippen LogP contribution in [0.5, 0.6) is 0 Å². The third-order valence-electron chi connectivity index (χ3n) is 4.37. The molecule has 7 nitrogen and oxygen atoms in total. The van der Waals surface area contributed by atoms with Crippen LogP contribution in [0.1, 0.15) is 12.8 Å². The number of nitrogens with zero attached hydrogens (tertiary/aromatic N) is 2. The maximum absolute atomic E-state index is 12.4. The second kappa shape index (κ2) is 9.87. The van der Waals surface area contributed by atoms with Crippen LogP contribution in [0.2, 0.25) is 0 Å². The number of aromatic nitrogens is 2. The first-order valence-electron chi connectivity index (χ1n) is 9.09. The third kappa shape index (κ3) is 6.03. The fourth-order valence-electron chi connectivity index (χ4n) is 3.02. The zero-order valence-electron chi connectivity index (χ0n) is 16.4. The van der Waals surface area contributed by atoms with Gasteiger partial charge in [-0.15, -0.1) is 12.4 Å². The van der Waals surface area contributed by atoms with Crippen LogP contribution in [0.3, 0.4) is 0 Å². The van der Waals surface area contributed by atoms with Gasteiger partial charge in [-0.1, -0.05) is 30.3 Å². The quantitative estimate of drug-likeness (QED) is 0.529. The highest BCUT2D eigenvalue weighted by Crippen LogP contribution is 2.26. The van der Waals surface area contributed by atoms with E-state index in [9.17, 15) is 13.2 Å². The van der Waals surface area contributed by atoms with Crippen molar-refractivity contribution in [1.29, 1.82) is 0 Å². The summed E-state index contributed by atoms with van der Waals surface area (Å²) in [6.45, 7) is 0.857. The molecule has 0 spiro atoms. The summed E-state index contributed by atoms with van der Waals surface area (Å²) in [4.78, 5) is 14.0. The molecule has 0 saturated heterocycles. The van der Waals surface area contributed by atoms with E-state index in [1.165, 1.54) is 0 Å². The molecular weight excluding hydrogens is 412 g/mol. The van der Waals surface area contributed by atoms with Crippen LogP contribution in [-0.2, 0) is 10.0 Å². The Hall–Kier alpha value is -2.42. The Morgan fingerprint density at radius 2 is 1.76 bits per heavy atom. The van der Waals surface area contributed by atoms with E-state index in [0.29, 0.717) is 23.2 Å². The van der Waals surface area contributed by atoms with E-state index >= 15 is 0 Å². The van der Waals surface area contributed by atoms with Crippen LogP contribution in [-0.4, -0.2) is 49.9 Å². The first-order chi connectivity index (χ1) is 13.4. The number of sulfonamides is 1. The van der Waals surface area contributed by atoms with Crippen molar-refractivity contribution in [2.45, 2.75) is 12.8 Å². The van der Waals surface area contributed by atoms with Gasteiger partial charge >= 0.3 is 0 Å². The average Bonchev–Trinajstić information content (AvgIpc) is 2.65. The van der Waals surface area contributed by atoms with Crippen molar-refractivity contribution in [3.8, 4) is 11.3 Å². The molecule has 0 unspecified atom stereocenters. The van der Waals surface area contributed by atoms with Crippen LogP contribution in [0.4, 0.5) is 5.69 Å². The minimum Gasteiger partial charge on any atom is -0.309 e.